The van der Waals surface area contributed by atoms with Crippen molar-refractivity contribution in [3.63, 3.8) is 0 Å². The Morgan fingerprint density at radius 3 is 2.47 bits per heavy atom. The second-order valence-corrected chi connectivity index (χ2v) is 6.02. The van der Waals surface area contributed by atoms with Crippen LogP contribution in [0.5, 0.6) is 0 Å². The average molecular weight is 301 g/mol. The fourth-order valence-electron chi connectivity index (χ4n) is 1.50. The van der Waals surface area contributed by atoms with Gasteiger partial charge in [0.2, 0.25) is 5.91 Å². The Balaban J connectivity index is 3.32. The molecule has 0 fully saturated rings. The van der Waals surface area contributed by atoms with Gasteiger partial charge in [0, 0.05) is 7.05 Å². The normalized spacial score (nSPS) is 10.8. The SMILES string of the molecule is CNC(=S)N(CC(N)=O)S(=O)(=O)c1ccccc1C. The number of carbonyl (C=O) groups is 1. The molecule has 104 valence electrons. The zero-order chi connectivity index (χ0) is 14.6. The van der Waals surface area contributed by atoms with Gasteiger partial charge in [-0.15, -0.1) is 0 Å². The number of nitrogens with zero attached hydrogens (tertiary/aromatic N) is 1. The van der Waals surface area contributed by atoms with Gasteiger partial charge < -0.3 is 11.1 Å². The lowest BCUT2D eigenvalue weighted by molar-refractivity contribution is -0.117. The highest BCUT2D eigenvalue weighted by Gasteiger charge is 2.28. The van der Waals surface area contributed by atoms with E-state index in [1.165, 1.54) is 13.1 Å². The Hall–Kier alpha value is -1.67. The maximum atomic E-state index is 12.5. The molecule has 0 saturated carbocycles. The first-order chi connectivity index (χ1) is 8.80. The van der Waals surface area contributed by atoms with Crippen LogP contribution in [-0.2, 0) is 14.8 Å². The minimum atomic E-state index is -3.91. The Kier molecular flexibility index (Phi) is 4.84. The van der Waals surface area contributed by atoms with Gasteiger partial charge in [-0.1, -0.05) is 18.2 Å². The fourth-order valence-corrected chi connectivity index (χ4v) is 3.43. The molecule has 6 nitrogen and oxygen atoms in total. The largest absolute Gasteiger partial charge is 0.368 e. The predicted molar refractivity (Wildman–Crippen MR) is 75.9 cm³/mol. The van der Waals surface area contributed by atoms with Crippen molar-refractivity contribution in [3.05, 3.63) is 29.8 Å². The summed E-state index contributed by atoms with van der Waals surface area (Å²) in [5, 5.41) is 2.45. The minimum Gasteiger partial charge on any atom is -0.368 e. The van der Waals surface area contributed by atoms with E-state index in [9.17, 15) is 13.2 Å². The molecule has 0 aliphatic carbocycles. The smallest absolute Gasteiger partial charge is 0.266 e. The number of nitrogens with two attached hydrogens (primary N) is 1. The summed E-state index contributed by atoms with van der Waals surface area (Å²) in [6.45, 7) is 1.16. The molecule has 0 aliphatic heterocycles. The summed E-state index contributed by atoms with van der Waals surface area (Å²) in [6.07, 6.45) is 0. The number of carbonyl (C=O) groups excluding carboxylic acids is 1. The van der Waals surface area contributed by atoms with Crippen molar-refractivity contribution in [2.45, 2.75) is 11.8 Å². The molecule has 0 spiro atoms. The van der Waals surface area contributed by atoms with Gasteiger partial charge in [-0.3, -0.25) is 4.79 Å². The van der Waals surface area contributed by atoms with Gasteiger partial charge in [0.25, 0.3) is 10.0 Å². The van der Waals surface area contributed by atoms with E-state index in [-0.39, 0.29) is 10.0 Å². The molecule has 0 aliphatic rings. The van der Waals surface area contributed by atoms with Gasteiger partial charge in [-0.25, -0.2) is 12.7 Å². The van der Waals surface area contributed by atoms with E-state index < -0.39 is 22.5 Å². The van der Waals surface area contributed by atoms with Crippen LogP contribution in [0.3, 0.4) is 0 Å². The molecule has 3 N–H and O–H groups in total. The number of nitrogens with one attached hydrogen (secondary N) is 1. The van der Waals surface area contributed by atoms with Crippen LogP contribution in [0.1, 0.15) is 5.56 Å². The molecule has 1 amide bonds. The van der Waals surface area contributed by atoms with Crippen molar-refractivity contribution in [1.29, 1.82) is 0 Å². The zero-order valence-corrected chi connectivity index (χ0v) is 12.2. The Bertz CT molecular complexity index is 599. The Morgan fingerprint density at radius 1 is 1.42 bits per heavy atom. The average Bonchev–Trinajstić information content (AvgIpc) is 2.35. The van der Waals surface area contributed by atoms with Crippen LogP contribution in [0.2, 0.25) is 0 Å². The third kappa shape index (κ3) is 3.42. The third-order valence-corrected chi connectivity index (χ3v) is 4.85. The van der Waals surface area contributed by atoms with E-state index >= 15 is 0 Å². The van der Waals surface area contributed by atoms with E-state index in [1.807, 2.05) is 0 Å². The van der Waals surface area contributed by atoms with E-state index in [1.54, 1.807) is 25.1 Å². The van der Waals surface area contributed by atoms with Crippen LogP contribution in [0.4, 0.5) is 0 Å². The number of amides is 1. The summed E-state index contributed by atoms with van der Waals surface area (Å²) in [5.74, 6) is -0.783. The van der Waals surface area contributed by atoms with Crippen LogP contribution in [0.15, 0.2) is 29.2 Å². The Labute approximate surface area is 117 Å². The number of primary amides is 1. The van der Waals surface area contributed by atoms with Crippen molar-refractivity contribution in [2.24, 2.45) is 5.73 Å². The van der Waals surface area contributed by atoms with Gasteiger partial charge >= 0.3 is 0 Å². The van der Waals surface area contributed by atoms with E-state index in [0.29, 0.717) is 5.56 Å². The van der Waals surface area contributed by atoms with Crippen molar-refractivity contribution in [2.75, 3.05) is 13.6 Å². The first-order valence-electron chi connectivity index (χ1n) is 5.39. The van der Waals surface area contributed by atoms with Crippen LogP contribution in [0, 0.1) is 6.92 Å². The molecular weight excluding hydrogens is 286 g/mol. The van der Waals surface area contributed by atoms with Gasteiger partial charge in [-0.2, -0.15) is 0 Å². The van der Waals surface area contributed by atoms with Crippen LogP contribution < -0.4 is 11.1 Å². The van der Waals surface area contributed by atoms with Crippen molar-refractivity contribution >= 4 is 33.3 Å². The summed E-state index contributed by atoms with van der Waals surface area (Å²) in [6, 6.07) is 6.45. The summed E-state index contributed by atoms with van der Waals surface area (Å²) < 4.78 is 25.7. The van der Waals surface area contributed by atoms with E-state index in [2.05, 4.69) is 5.32 Å². The van der Waals surface area contributed by atoms with E-state index in [4.69, 9.17) is 18.0 Å². The molecule has 0 bridgehead atoms. The van der Waals surface area contributed by atoms with Gasteiger partial charge in [-0.05, 0) is 30.8 Å². The highest BCUT2D eigenvalue weighted by Crippen LogP contribution is 2.19. The van der Waals surface area contributed by atoms with Crippen molar-refractivity contribution in [3.8, 4) is 0 Å². The lowest BCUT2D eigenvalue weighted by Gasteiger charge is -2.23. The summed E-state index contributed by atoms with van der Waals surface area (Å²) in [5.41, 5.74) is 5.63. The fraction of sp³-hybridized carbons (Fsp3) is 0.273. The van der Waals surface area contributed by atoms with Crippen molar-refractivity contribution < 1.29 is 13.2 Å². The maximum Gasteiger partial charge on any atom is 0.266 e. The number of rotatable bonds is 4. The molecule has 1 rings (SSSR count). The second-order valence-electron chi connectivity index (χ2n) is 3.80. The molecule has 0 unspecified atom stereocenters. The first-order valence-corrected chi connectivity index (χ1v) is 7.24. The monoisotopic (exact) mass is 301 g/mol. The summed E-state index contributed by atoms with van der Waals surface area (Å²) in [7, 11) is -2.43. The van der Waals surface area contributed by atoms with Gasteiger partial charge in [0.1, 0.15) is 6.54 Å². The number of benzene rings is 1. The number of hydrogen-bond acceptors (Lipinski definition) is 4. The number of aryl methyl sites for hydroxylation is 1. The molecule has 0 radical (unpaired) electrons. The van der Waals surface area contributed by atoms with Crippen LogP contribution in [-0.4, -0.2) is 37.3 Å². The highest BCUT2D eigenvalue weighted by atomic mass is 32.2. The molecule has 8 heteroatoms. The first kappa shape index (κ1) is 15.4. The van der Waals surface area contributed by atoms with Crippen LogP contribution >= 0.6 is 12.2 Å². The van der Waals surface area contributed by atoms with Gasteiger partial charge in [0.05, 0.1) is 4.90 Å². The second kappa shape index (κ2) is 5.98. The summed E-state index contributed by atoms with van der Waals surface area (Å²) >= 11 is 4.91. The maximum absolute atomic E-state index is 12.5. The third-order valence-electron chi connectivity index (χ3n) is 2.40. The number of sulfonamides is 1. The highest BCUT2D eigenvalue weighted by molar-refractivity contribution is 7.91. The Morgan fingerprint density at radius 2 is 2.00 bits per heavy atom. The molecule has 0 aromatic heterocycles. The number of thiocarbonyl (C=S) groups is 1. The number of hydrogen-bond donors (Lipinski definition) is 2. The minimum absolute atomic E-state index is 0.0814. The molecule has 1 aromatic rings. The molecule has 19 heavy (non-hydrogen) atoms. The summed E-state index contributed by atoms with van der Waals surface area (Å²) in [4.78, 5) is 11.1. The molecule has 1 aromatic carbocycles. The predicted octanol–water partition coefficient (Wildman–Crippen LogP) is -0.0247. The molecular formula is C11H15N3O3S2. The van der Waals surface area contributed by atoms with Gasteiger partial charge in [0.15, 0.2) is 5.11 Å². The molecule has 0 atom stereocenters. The zero-order valence-electron chi connectivity index (χ0n) is 10.6. The molecule has 0 heterocycles. The topological polar surface area (TPSA) is 92.5 Å². The van der Waals surface area contributed by atoms with Crippen molar-refractivity contribution in [1.82, 2.24) is 9.62 Å². The quantitative estimate of drug-likeness (QED) is 0.762. The lowest BCUT2D eigenvalue weighted by Crippen LogP contribution is -2.46. The van der Waals surface area contributed by atoms with E-state index in [0.717, 1.165) is 4.31 Å². The lowest BCUT2D eigenvalue weighted by atomic mass is 10.2. The standard InChI is InChI=1S/C11H15N3O3S2/c1-8-5-3-4-6-9(8)19(16,17)14(7-10(12)15)11(18)13-2/h3-6H,7H2,1-2H3,(H2,12,15)(H,13,18). The van der Waals surface area contributed by atoms with Crippen LogP contribution in [0.25, 0.3) is 0 Å². The molecule has 0 saturated heterocycles.